The van der Waals surface area contributed by atoms with Gasteiger partial charge < -0.3 is 20.6 Å². The van der Waals surface area contributed by atoms with Crippen LogP contribution in [0.2, 0.25) is 0 Å². The summed E-state index contributed by atoms with van der Waals surface area (Å²) < 4.78 is 0. The van der Waals surface area contributed by atoms with Crippen LogP contribution in [-0.4, -0.2) is 17.0 Å². The molecule has 0 aliphatic carbocycles. The lowest BCUT2D eigenvalue weighted by Crippen LogP contribution is -1.91. The number of nitrogens with one attached hydrogen (secondary N) is 4. The Morgan fingerprint density at radius 1 is 0.500 bits per heavy atom. The Hall–Kier alpha value is -4.52. The van der Waals surface area contributed by atoms with Crippen LogP contribution in [-0.2, 0) is 0 Å². The Morgan fingerprint density at radius 2 is 0.913 bits per heavy atom. The fraction of sp³-hybridized carbons (Fsp3) is 0.200. The van der Waals surface area contributed by atoms with Gasteiger partial charge in [-0.1, -0.05) is 42.0 Å². The molecule has 0 aliphatic rings. The van der Waals surface area contributed by atoms with E-state index in [2.05, 4.69) is 152 Å². The number of H-pyrrole nitrogens is 2. The monoisotopic (exact) mass is 648 g/mol. The lowest BCUT2D eigenvalue weighted by atomic mass is 10.2. The fourth-order valence-electron chi connectivity index (χ4n) is 4.20. The third kappa shape index (κ3) is 12.5. The minimum atomic E-state index is 1.10. The maximum absolute atomic E-state index is 3.35. The Morgan fingerprint density at radius 3 is 1.24 bits per heavy atom. The maximum Gasteiger partial charge on any atom is 0.0621 e. The quantitative estimate of drug-likeness (QED) is 0.136. The molecular weight excluding hydrogens is 601 g/mol. The molecular formula is C40H48N4S2. The van der Waals surface area contributed by atoms with E-state index >= 15 is 0 Å². The third-order valence-corrected chi connectivity index (χ3v) is 8.88. The molecule has 4 aromatic heterocycles. The number of benzene rings is 2. The Kier molecular flexibility index (Phi) is 14.9. The zero-order chi connectivity index (χ0) is 33.3. The standard InChI is InChI=1S/C14H16N2.C10H12N2.C10H10S2.C6H10/c1-11-3-5-13(6-4-11)16-14-9-7-12(15-2)8-10-14;2*1-7-3-5-9(11-7)10-6-4-8(2)12-10;1-3-5-6-4-2/h3-10,15-16H,1-2H3;3-6,11-12H,1-2H3;3-6H,1-2H3;3-6H,1-2H3/b;;;5-3+,6-4+. The van der Waals surface area contributed by atoms with Gasteiger partial charge in [-0.25, -0.2) is 0 Å². The first kappa shape index (κ1) is 36.0. The highest BCUT2D eigenvalue weighted by molar-refractivity contribution is 7.22. The molecule has 0 bridgehead atoms. The summed E-state index contributed by atoms with van der Waals surface area (Å²) in [7, 11) is 1.92. The molecule has 0 unspecified atom stereocenters. The second kappa shape index (κ2) is 19.1. The minimum Gasteiger partial charge on any atom is -0.388 e. The third-order valence-electron chi connectivity index (χ3n) is 6.69. The normalized spacial score (nSPS) is 10.4. The van der Waals surface area contributed by atoms with Gasteiger partial charge in [-0.3, -0.25) is 0 Å². The molecule has 0 aliphatic heterocycles. The molecule has 0 spiro atoms. The summed E-state index contributed by atoms with van der Waals surface area (Å²) >= 11 is 3.73. The van der Waals surface area contributed by atoms with Crippen molar-refractivity contribution in [2.45, 2.75) is 48.5 Å². The lowest BCUT2D eigenvalue weighted by molar-refractivity contribution is 1.22. The summed E-state index contributed by atoms with van der Waals surface area (Å²) in [4.78, 5) is 12.1. The second-order valence-corrected chi connectivity index (χ2v) is 13.4. The van der Waals surface area contributed by atoms with Gasteiger partial charge in [0.2, 0.25) is 0 Å². The van der Waals surface area contributed by atoms with Crippen molar-refractivity contribution in [2.24, 2.45) is 0 Å². The van der Waals surface area contributed by atoms with E-state index in [1.54, 1.807) is 0 Å². The van der Waals surface area contributed by atoms with E-state index in [9.17, 15) is 0 Å². The van der Waals surface area contributed by atoms with Crippen molar-refractivity contribution in [3.05, 3.63) is 148 Å². The van der Waals surface area contributed by atoms with Gasteiger partial charge in [-0.15, -0.1) is 22.7 Å². The van der Waals surface area contributed by atoms with Gasteiger partial charge in [0.15, 0.2) is 0 Å². The van der Waals surface area contributed by atoms with Crippen molar-refractivity contribution in [3.8, 4) is 21.1 Å². The highest BCUT2D eigenvalue weighted by Crippen LogP contribution is 2.32. The molecule has 46 heavy (non-hydrogen) atoms. The number of hydrogen-bond acceptors (Lipinski definition) is 4. The number of anilines is 3. The number of aromatic nitrogens is 2. The van der Waals surface area contributed by atoms with Crippen LogP contribution >= 0.6 is 22.7 Å². The van der Waals surface area contributed by atoms with Crippen LogP contribution in [0.25, 0.3) is 21.1 Å². The van der Waals surface area contributed by atoms with Gasteiger partial charge in [-0.05, 0) is 133 Å². The molecule has 4 N–H and O–H groups in total. The van der Waals surface area contributed by atoms with E-state index in [-0.39, 0.29) is 0 Å². The van der Waals surface area contributed by atoms with E-state index in [0.29, 0.717) is 0 Å². The van der Waals surface area contributed by atoms with Crippen molar-refractivity contribution in [3.63, 3.8) is 0 Å². The molecule has 0 saturated carbocycles. The predicted octanol–water partition coefficient (Wildman–Crippen LogP) is 12.6. The van der Waals surface area contributed by atoms with E-state index in [1.807, 2.05) is 67.9 Å². The number of thiophene rings is 2. The summed E-state index contributed by atoms with van der Waals surface area (Å²) in [5, 5.41) is 6.45. The molecule has 0 saturated heterocycles. The van der Waals surface area contributed by atoms with Gasteiger partial charge in [0.05, 0.1) is 11.4 Å². The molecule has 2 aromatic carbocycles. The van der Waals surface area contributed by atoms with Crippen LogP contribution in [0.1, 0.15) is 40.6 Å². The minimum absolute atomic E-state index is 1.10. The largest absolute Gasteiger partial charge is 0.388 e. The molecule has 0 fully saturated rings. The zero-order valence-electron chi connectivity index (χ0n) is 28.4. The molecule has 0 atom stereocenters. The van der Waals surface area contributed by atoms with Gasteiger partial charge in [0.1, 0.15) is 0 Å². The van der Waals surface area contributed by atoms with Crippen LogP contribution in [0.5, 0.6) is 0 Å². The van der Waals surface area contributed by atoms with Crippen molar-refractivity contribution in [2.75, 3.05) is 17.7 Å². The van der Waals surface area contributed by atoms with Gasteiger partial charge in [0, 0.05) is 55.0 Å². The number of allylic oxidation sites excluding steroid dienone is 4. The van der Waals surface area contributed by atoms with Crippen LogP contribution in [0.3, 0.4) is 0 Å². The van der Waals surface area contributed by atoms with Crippen molar-refractivity contribution < 1.29 is 0 Å². The average Bonchev–Trinajstić information content (AvgIpc) is 3.88. The van der Waals surface area contributed by atoms with E-state index in [1.165, 1.54) is 36.5 Å². The summed E-state index contributed by atoms with van der Waals surface area (Å²) in [5.41, 5.74) is 9.30. The summed E-state index contributed by atoms with van der Waals surface area (Å²) in [5.74, 6) is 0. The van der Waals surface area contributed by atoms with Crippen molar-refractivity contribution >= 4 is 39.7 Å². The molecule has 6 heteroatoms. The van der Waals surface area contributed by atoms with E-state index in [0.717, 1.165) is 28.5 Å². The molecule has 4 nitrogen and oxygen atoms in total. The zero-order valence-corrected chi connectivity index (χ0v) is 30.0. The SMILES string of the molecule is C/C=C/C=C/C.CNc1ccc(Nc2ccc(C)cc2)cc1.Cc1ccc(-c2ccc(C)[nH]2)[nH]1.Cc1ccc(-c2ccc(C)s2)s1. The average molecular weight is 649 g/mol. The van der Waals surface area contributed by atoms with Gasteiger partial charge >= 0.3 is 0 Å². The first-order valence-corrected chi connectivity index (χ1v) is 17.1. The first-order chi connectivity index (χ1) is 22.2. The van der Waals surface area contributed by atoms with Crippen LogP contribution in [0.4, 0.5) is 17.1 Å². The van der Waals surface area contributed by atoms with Gasteiger partial charge in [-0.2, -0.15) is 0 Å². The highest BCUT2D eigenvalue weighted by atomic mass is 32.1. The number of aryl methyl sites for hydroxylation is 5. The van der Waals surface area contributed by atoms with Crippen molar-refractivity contribution in [1.82, 2.24) is 9.97 Å². The maximum atomic E-state index is 3.35. The number of hydrogen-bond donors (Lipinski definition) is 4. The summed E-state index contributed by atoms with van der Waals surface area (Å²) in [6.07, 6.45) is 8.00. The van der Waals surface area contributed by atoms with Crippen LogP contribution in [0.15, 0.2) is 121 Å². The number of aromatic amines is 2. The first-order valence-electron chi connectivity index (χ1n) is 15.5. The van der Waals surface area contributed by atoms with E-state index < -0.39 is 0 Å². The second-order valence-electron chi connectivity index (χ2n) is 10.8. The lowest BCUT2D eigenvalue weighted by Gasteiger charge is -2.07. The molecule has 4 heterocycles. The Labute approximate surface area is 284 Å². The molecule has 0 radical (unpaired) electrons. The molecule has 6 aromatic rings. The van der Waals surface area contributed by atoms with Crippen LogP contribution < -0.4 is 10.6 Å². The Balaban J connectivity index is 0.000000175. The summed E-state index contributed by atoms with van der Waals surface area (Å²) in [6, 6.07) is 33.7. The van der Waals surface area contributed by atoms with E-state index in [4.69, 9.17) is 0 Å². The fourth-order valence-corrected chi connectivity index (χ4v) is 6.03. The Bertz CT molecular complexity index is 1600. The highest BCUT2D eigenvalue weighted by Gasteiger charge is 2.02. The molecule has 240 valence electrons. The van der Waals surface area contributed by atoms with Crippen molar-refractivity contribution in [1.29, 1.82) is 0 Å². The smallest absolute Gasteiger partial charge is 0.0621 e. The van der Waals surface area contributed by atoms with Crippen LogP contribution in [0, 0.1) is 34.6 Å². The van der Waals surface area contributed by atoms with Gasteiger partial charge in [0.25, 0.3) is 0 Å². The number of rotatable bonds is 6. The summed E-state index contributed by atoms with van der Waals surface area (Å²) in [6.45, 7) is 14.5. The predicted molar refractivity (Wildman–Crippen MR) is 207 cm³/mol. The molecule has 6 rings (SSSR count). The molecule has 0 amide bonds. The topological polar surface area (TPSA) is 55.6 Å².